The first-order valence-corrected chi connectivity index (χ1v) is 3.66. The summed E-state index contributed by atoms with van der Waals surface area (Å²) in [6, 6.07) is 0. The first-order valence-electron chi connectivity index (χ1n) is 3.66. The summed E-state index contributed by atoms with van der Waals surface area (Å²) in [6.07, 6.45) is 12.7. The van der Waals surface area contributed by atoms with E-state index in [0.717, 1.165) is 19.4 Å². The lowest BCUT2D eigenvalue weighted by atomic mass is 10.1. The van der Waals surface area contributed by atoms with Crippen LogP contribution < -0.4 is 5.73 Å². The Balaban J connectivity index is 2.51. The van der Waals surface area contributed by atoms with Gasteiger partial charge in [0, 0.05) is 0 Å². The summed E-state index contributed by atoms with van der Waals surface area (Å²) >= 11 is 0. The third-order valence-electron chi connectivity index (χ3n) is 1.51. The highest BCUT2D eigenvalue weighted by atomic mass is 14.5. The number of rotatable bonds is 2. The zero-order valence-corrected chi connectivity index (χ0v) is 6.09. The summed E-state index contributed by atoms with van der Waals surface area (Å²) in [5.41, 5.74) is 6.77. The van der Waals surface area contributed by atoms with Crippen molar-refractivity contribution in [3.63, 3.8) is 0 Å². The van der Waals surface area contributed by atoms with E-state index in [4.69, 9.17) is 5.73 Å². The van der Waals surface area contributed by atoms with Gasteiger partial charge in [-0.05, 0) is 19.4 Å². The molecule has 0 aliphatic heterocycles. The van der Waals surface area contributed by atoms with Crippen LogP contribution in [0.1, 0.15) is 12.8 Å². The van der Waals surface area contributed by atoms with Crippen LogP contribution in [0, 0.1) is 0 Å². The second kappa shape index (κ2) is 4.07. The van der Waals surface area contributed by atoms with E-state index in [-0.39, 0.29) is 0 Å². The van der Waals surface area contributed by atoms with Gasteiger partial charge in [-0.25, -0.2) is 0 Å². The van der Waals surface area contributed by atoms with E-state index < -0.39 is 0 Å². The highest BCUT2D eigenvalue weighted by Crippen LogP contribution is 2.07. The normalized spacial score (nSPS) is 16.7. The Morgan fingerprint density at radius 1 is 1.40 bits per heavy atom. The van der Waals surface area contributed by atoms with Crippen LogP contribution in [0.5, 0.6) is 0 Å². The fourth-order valence-electron chi connectivity index (χ4n) is 0.976. The van der Waals surface area contributed by atoms with Crippen LogP contribution in [-0.2, 0) is 0 Å². The number of nitrogens with two attached hydrogens (primary N) is 1. The topological polar surface area (TPSA) is 26.0 Å². The fourth-order valence-corrected chi connectivity index (χ4v) is 0.976. The van der Waals surface area contributed by atoms with Crippen molar-refractivity contribution < 1.29 is 0 Å². The maximum Gasteiger partial charge on any atom is -0.00368 e. The van der Waals surface area contributed by atoms with E-state index in [1.54, 1.807) is 0 Å². The molecule has 1 aliphatic rings. The lowest BCUT2D eigenvalue weighted by Crippen LogP contribution is -1.98. The van der Waals surface area contributed by atoms with Crippen molar-refractivity contribution in [1.82, 2.24) is 0 Å². The molecule has 0 radical (unpaired) electrons. The third kappa shape index (κ3) is 2.19. The van der Waals surface area contributed by atoms with Crippen molar-refractivity contribution in [2.24, 2.45) is 5.73 Å². The average molecular weight is 135 g/mol. The van der Waals surface area contributed by atoms with Crippen LogP contribution in [-0.4, -0.2) is 6.54 Å². The summed E-state index contributed by atoms with van der Waals surface area (Å²) < 4.78 is 0. The molecule has 0 fully saturated rings. The van der Waals surface area contributed by atoms with E-state index in [2.05, 4.69) is 30.4 Å². The van der Waals surface area contributed by atoms with Crippen molar-refractivity contribution in [3.8, 4) is 0 Å². The van der Waals surface area contributed by atoms with Gasteiger partial charge in [0.2, 0.25) is 0 Å². The lowest BCUT2D eigenvalue weighted by Gasteiger charge is -1.95. The molecule has 0 aromatic rings. The van der Waals surface area contributed by atoms with Crippen molar-refractivity contribution >= 4 is 0 Å². The van der Waals surface area contributed by atoms with E-state index in [1.807, 2.05) is 0 Å². The van der Waals surface area contributed by atoms with Gasteiger partial charge < -0.3 is 5.73 Å². The molecule has 0 saturated heterocycles. The monoisotopic (exact) mass is 135 g/mol. The van der Waals surface area contributed by atoms with Gasteiger partial charge >= 0.3 is 0 Å². The van der Waals surface area contributed by atoms with Crippen molar-refractivity contribution in [3.05, 3.63) is 36.0 Å². The predicted molar refractivity (Wildman–Crippen MR) is 44.7 cm³/mol. The molecular formula is C9H13N. The van der Waals surface area contributed by atoms with Crippen molar-refractivity contribution in [2.45, 2.75) is 12.8 Å². The Kier molecular flexibility index (Phi) is 2.97. The molecule has 1 aliphatic carbocycles. The second-order valence-electron chi connectivity index (χ2n) is 2.34. The van der Waals surface area contributed by atoms with E-state index in [9.17, 15) is 0 Å². The summed E-state index contributed by atoms with van der Waals surface area (Å²) in [6.45, 7) is 0.746. The second-order valence-corrected chi connectivity index (χ2v) is 2.34. The summed E-state index contributed by atoms with van der Waals surface area (Å²) in [5, 5.41) is 0. The standard InChI is InChI=1S/C9H13N/c10-8-7-9-5-3-1-2-4-6-9/h1-3,5-6H,4,7-8,10H2. The lowest BCUT2D eigenvalue weighted by molar-refractivity contribution is 0.968. The molecule has 0 atom stereocenters. The Morgan fingerprint density at radius 2 is 2.30 bits per heavy atom. The molecule has 0 amide bonds. The minimum atomic E-state index is 0.746. The quantitative estimate of drug-likeness (QED) is 0.613. The molecule has 0 heterocycles. The zero-order valence-electron chi connectivity index (χ0n) is 6.09. The molecular weight excluding hydrogens is 122 g/mol. The van der Waals surface area contributed by atoms with Crippen LogP contribution in [0.2, 0.25) is 0 Å². The molecule has 2 N–H and O–H groups in total. The molecule has 54 valence electrons. The average Bonchev–Trinajstić information content (AvgIpc) is 2.17. The minimum absolute atomic E-state index is 0.746. The highest BCUT2D eigenvalue weighted by Gasteiger charge is 1.90. The summed E-state index contributed by atoms with van der Waals surface area (Å²) in [5.74, 6) is 0. The minimum Gasteiger partial charge on any atom is -0.330 e. The van der Waals surface area contributed by atoms with Crippen molar-refractivity contribution in [1.29, 1.82) is 0 Å². The van der Waals surface area contributed by atoms with Crippen LogP contribution in [0.25, 0.3) is 0 Å². The van der Waals surface area contributed by atoms with Crippen LogP contribution in [0.15, 0.2) is 36.0 Å². The maximum absolute atomic E-state index is 5.42. The smallest absolute Gasteiger partial charge is 0.00368 e. The van der Waals surface area contributed by atoms with Crippen LogP contribution in [0.4, 0.5) is 0 Å². The van der Waals surface area contributed by atoms with Crippen molar-refractivity contribution in [2.75, 3.05) is 6.54 Å². The summed E-state index contributed by atoms with van der Waals surface area (Å²) in [7, 11) is 0. The Bertz CT molecular complexity index is 175. The Labute approximate surface area is 61.9 Å². The van der Waals surface area contributed by atoms with E-state index in [0.29, 0.717) is 0 Å². The molecule has 1 rings (SSSR count). The summed E-state index contributed by atoms with van der Waals surface area (Å²) in [4.78, 5) is 0. The van der Waals surface area contributed by atoms with Crippen LogP contribution in [0.3, 0.4) is 0 Å². The fraction of sp³-hybridized carbons (Fsp3) is 0.333. The number of hydrogen-bond donors (Lipinski definition) is 1. The molecule has 0 bridgehead atoms. The van der Waals surface area contributed by atoms with Gasteiger partial charge in [-0.1, -0.05) is 36.0 Å². The van der Waals surface area contributed by atoms with Gasteiger partial charge in [0.15, 0.2) is 0 Å². The molecule has 0 aromatic heterocycles. The number of allylic oxidation sites excluding steroid dienone is 5. The zero-order chi connectivity index (χ0) is 7.23. The van der Waals surface area contributed by atoms with Gasteiger partial charge in [0.05, 0.1) is 0 Å². The SMILES string of the molecule is NCCC1=CCC=CC=C1. The predicted octanol–water partition coefficient (Wildman–Crippen LogP) is 1.78. The van der Waals surface area contributed by atoms with Crippen LogP contribution >= 0.6 is 0 Å². The molecule has 1 heteroatoms. The molecule has 1 nitrogen and oxygen atoms in total. The van der Waals surface area contributed by atoms with E-state index in [1.165, 1.54) is 5.57 Å². The first-order chi connectivity index (χ1) is 4.93. The van der Waals surface area contributed by atoms with Gasteiger partial charge in [0.25, 0.3) is 0 Å². The molecule has 0 aromatic carbocycles. The molecule has 0 saturated carbocycles. The molecule has 10 heavy (non-hydrogen) atoms. The maximum atomic E-state index is 5.42. The molecule has 0 unspecified atom stereocenters. The van der Waals surface area contributed by atoms with Gasteiger partial charge in [0.1, 0.15) is 0 Å². The van der Waals surface area contributed by atoms with Gasteiger partial charge in [-0.2, -0.15) is 0 Å². The Hall–Kier alpha value is -0.820. The van der Waals surface area contributed by atoms with E-state index >= 15 is 0 Å². The number of hydrogen-bond acceptors (Lipinski definition) is 1. The highest BCUT2D eigenvalue weighted by molar-refractivity contribution is 5.26. The van der Waals surface area contributed by atoms with Gasteiger partial charge in [-0.3, -0.25) is 0 Å². The van der Waals surface area contributed by atoms with Gasteiger partial charge in [-0.15, -0.1) is 0 Å². The third-order valence-corrected chi connectivity index (χ3v) is 1.51. The molecule has 0 spiro atoms. The first kappa shape index (κ1) is 7.29. The largest absolute Gasteiger partial charge is 0.330 e. The Morgan fingerprint density at radius 3 is 3.10 bits per heavy atom.